The summed E-state index contributed by atoms with van der Waals surface area (Å²) in [6.45, 7) is 8.82. The van der Waals surface area contributed by atoms with E-state index in [1.807, 2.05) is 14.0 Å². The van der Waals surface area contributed by atoms with Gasteiger partial charge in [0.2, 0.25) is 0 Å². The lowest BCUT2D eigenvalue weighted by atomic mass is 10.3. The molecule has 0 aliphatic carbocycles. The van der Waals surface area contributed by atoms with Crippen molar-refractivity contribution in [3.63, 3.8) is 0 Å². The Balaban J connectivity index is 4.51. The number of nitrogens with zero attached hydrogens (tertiary/aromatic N) is 2. The zero-order chi connectivity index (χ0) is 11.1. The third-order valence-electron chi connectivity index (χ3n) is 2.82. The number of hydrogen-bond donors (Lipinski definition) is 0. The maximum absolute atomic E-state index is 4.15. The van der Waals surface area contributed by atoms with Gasteiger partial charge in [0, 0.05) is 12.8 Å². The van der Waals surface area contributed by atoms with Gasteiger partial charge >= 0.3 is 14.4 Å². The van der Waals surface area contributed by atoms with Gasteiger partial charge in [-0.2, -0.15) is 0 Å². The van der Waals surface area contributed by atoms with Crippen LogP contribution in [0.15, 0.2) is 16.8 Å². The molecule has 0 fully saturated rings. The van der Waals surface area contributed by atoms with E-state index in [1.54, 1.807) is 0 Å². The van der Waals surface area contributed by atoms with Gasteiger partial charge in [-0.15, -0.1) is 0 Å². The number of allylic oxidation sites excluding steroid dienone is 2. The molecule has 80 valence electrons. The summed E-state index contributed by atoms with van der Waals surface area (Å²) in [6.07, 6.45) is 2.17. The molecule has 0 aliphatic heterocycles. The molecule has 0 saturated heterocycles. The highest BCUT2D eigenvalue weighted by Gasteiger charge is 2.19. The van der Waals surface area contributed by atoms with E-state index in [0.29, 0.717) is 0 Å². The molecule has 0 saturated carbocycles. The van der Waals surface area contributed by atoms with Crippen molar-refractivity contribution < 1.29 is 0 Å². The van der Waals surface area contributed by atoms with Gasteiger partial charge in [0.1, 0.15) is 0 Å². The van der Waals surface area contributed by atoms with Crippen molar-refractivity contribution in [1.29, 1.82) is 0 Å². The van der Waals surface area contributed by atoms with E-state index in [4.69, 9.17) is 0 Å². The van der Waals surface area contributed by atoms with Gasteiger partial charge in [-0.25, -0.2) is 0 Å². The van der Waals surface area contributed by atoms with Crippen molar-refractivity contribution in [2.45, 2.75) is 38.3 Å². The Hall–Kier alpha value is -0.258. The number of rotatable bonds is 5. The number of aliphatic imine (C=N–C) groups is 1. The molecule has 0 aromatic rings. The first kappa shape index (κ1) is 13.7. The van der Waals surface area contributed by atoms with Gasteiger partial charge in [0.15, 0.2) is 0 Å². The molecule has 0 amide bonds. The van der Waals surface area contributed by atoms with Crippen LogP contribution in [0.1, 0.15) is 27.7 Å². The molecule has 0 atom stereocenters. The van der Waals surface area contributed by atoms with Gasteiger partial charge in [-0.3, -0.25) is 4.99 Å². The van der Waals surface area contributed by atoms with Crippen LogP contribution in [0.25, 0.3) is 0 Å². The largest absolute Gasteiger partial charge is 0.469 e. The second-order valence-corrected chi connectivity index (χ2v) is 7.45. The highest BCUT2D eigenvalue weighted by molar-refractivity contribution is 6.56. The Bertz CT molecular complexity index is 217. The normalized spacial score (nSPS) is 13.0. The molecule has 0 aromatic carbocycles. The molecule has 0 spiro atoms. The minimum Gasteiger partial charge on any atom is -0.469 e. The molecule has 0 rings (SSSR count). The molecule has 0 radical (unpaired) electrons. The van der Waals surface area contributed by atoms with Crippen molar-refractivity contribution in [1.82, 2.24) is 3.88 Å². The van der Waals surface area contributed by atoms with Crippen LogP contribution in [-0.2, 0) is 0 Å². The predicted octanol–water partition coefficient (Wildman–Crippen LogP) is 2.94. The van der Waals surface area contributed by atoms with Crippen LogP contribution in [0.5, 0.6) is 0 Å². The van der Waals surface area contributed by atoms with Crippen LogP contribution in [-0.4, -0.2) is 38.1 Å². The van der Waals surface area contributed by atoms with Crippen LogP contribution < -0.4 is 0 Å². The standard InChI is InChI=1S/C7H13N2.2C2H5.Al/c1-6(8-3)5-7(2)9-4;2*1-2;/h5H,1-4H3;2*1H2,2H3;/q-1;;;+1/b6-5-,9-7?;;;. The van der Waals surface area contributed by atoms with E-state index < -0.39 is 14.4 Å². The third-order valence-corrected chi connectivity index (χ3v) is 6.20. The topological polar surface area (TPSA) is 15.6 Å². The van der Waals surface area contributed by atoms with Gasteiger partial charge in [0.05, 0.1) is 0 Å². The summed E-state index contributed by atoms with van der Waals surface area (Å²) in [5.74, 6) is 0. The Morgan fingerprint density at radius 3 is 2.14 bits per heavy atom. The Morgan fingerprint density at radius 2 is 1.79 bits per heavy atom. The molecule has 14 heavy (non-hydrogen) atoms. The number of hydrogen-bond acceptors (Lipinski definition) is 2. The van der Waals surface area contributed by atoms with Gasteiger partial charge < -0.3 is 3.88 Å². The highest BCUT2D eigenvalue weighted by Crippen LogP contribution is 2.10. The van der Waals surface area contributed by atoms with Crippen molar-refractivity contribution in [3.8, 4) is 0 Å². The molecule has 0 heterocycles. The first-order valence-electron chi connectivity index (χ1n) is 5.41. The molecule has 0 aliphatic rings. The SMILES string of the molecule is C[CH2][Al]([CH2]C)[N](C)/C(C)=C\C(C)=NC. The Kier molecular flexibility index (Phi) is 6.96. The van der Waals surface area contributed by atoms with Crippen molar-refractivity contribution in [2.24, 2.45) is 4.99 Å². The quantitative estimate of drug-likeness (QED) is 0.503. The van der Waals surface area contributed by atoms with Gasteiger partial charge in [0.25, 0.3) is 0 Å². The molecule has 3 heteroatoms. The van der Waals surface area contributed by atoms with E-state index in [2.05, 4.69) is 42.8 Å². The third kappa shape index (κ3) is 4.30. The zero-order valence-corrected chi connectivity index (χ0v) is 11.6. The fourth-order valence-electron chi connectivity index (χ4n) is 1.59. The molecule has 2 nitrogen and oxygen atoms in total. The van der Waals surface area contributed by atoms with E-state index in [9.17, 15) is 0 Å². The minimum atomic E-state index is -0.704. The van der Waals surface area contributed by atoms with Crippen LogP contribution >= 0.6 is 0 Å². The van der Waals surface area contributed by atoms with Crippen molar-refractivity contribution >= 4 is 20.1 Å². The van der Waals surface area contributed by atoms with E-state index in [1.165, 1.54) is 16.3 Å². The lowest BCUT2D eigenvalue weighted by molar-refractivity contribution is 0.638. The van der Waals surface area contributed by atoms with Crippen LogP contribution in [0.2, 0.25) is 10.6 Å². The summed E-state index contributed by atoms with van der Waals surface area (Å²) in [6, 6.07) is 0. The summed E-state index contributed by atoms with van der Waals surface area (Å²) < 4.78 is 2.48. The fraction of sp³-hybridized carbons (Fsp3) is 0.727. The fourth-order valence-corrected chi connectivity index (χ4v) is 3.92. The summed E-state index contributed by atoms with van der Waals surface area (Å²) in [5, 5.41) is 2.67. The molecule has 0 bridgehead atoms. The van der Waals surface area contributed by atoms with Gasteiger partial charge in [-0.05, 0) is 32.7 Å². The van der Waals surface area contributed by atoms with Crippen molar-refractivity contribution in [3.05, 3.63) is 11.8 Å². The molecular weight excluding hydrogens is 187 g/mol. The Morgan fingerprint density at radius 1 is 1.29 bits per heavy atom. The zero-order valence-electron chi connectivity index (χ0n) is 10.5. The maximum Gasteiger partial charge on any atom is 0.413 e. The van der Waals surface area contributed by atoms with Crippen LogP contribution in [0.3, 0.4) is 0 Å². The molecule has 0 unspecified atom stereocenters. The predicted molar refractivity (Wildman–Crippen MR) is 67.3 cm³/mol. The van der Waals surface area contributed by atoms with Crippen LogP contribution in [0, 0.1) is 0 Å². The highest BCUT2D eigenvalue weighted by atomic mass is 27.2. The van der Waals surface area contributed by atoms with Crippen molar-refractivity contribution in [2.75, 3.05) is 14.1 Å². The summed E-state index contributed by atoms with van der Waals surface area (Å²) in [4.78, 5) is 4.15. The molecule has 0 N–H and O–H groups in total. The second-order valence-electron chi connectivity index (χ2n) is 3.73. The van der Waals surface area contributed by atoms with Gasteiger partial charge in [-0.1, -0.05) is 24.4 Å². The summed E-state index contributed by atoms with van der Waals surface area (Å²) in [5.41, 5.74) is 2.46. The minimum absolute atomic E-state index is 0.704. The Labute approximate surface area is 93.3 Å². The van der Waals surface area contributed by atoms with E-state index >= 15 is 0 Å². The smallest absolute Gasteiger partial charge is 0.413 e. The summed E-state index contributed by atoms with van der Waals surface area (Å²) in [7, 11) is 4.06. The van der Waals surface area contributed by atoms with Crippen LogP contribution in [0.4, 0.5) is 0 Å². The monoisotopic (exact) mass is 210 g/mol. The first-order valence-corrected chi connectivity index (χ1v) is 7.56. The summed E-state index contributed by atoms with van der Waals surface area (Å²) >= 11 is -0.704. The first-order chi connectivity index (χ1) is 6.56. The average Bonchev–Trinajstić information content (AvgIpc) is 2.19. The second kappa shape index (κ2) is 7.09. The lowest BCUT2D eigenvalue weighted by Crippen LogP contribution is -2.33. The van der Waals surface area contributed by atoms with E-state index in [-0.39, 0.29) is 0 Å². The molecule has 0 aromatic heterocycles. The molecular formula is C11H23AlN2. The average molecular weight is 210 g/mol. The van der Waals surface area contributed by atoms with E-state index in [0.717, 1.165) is 5.71 Å². The lowest BCUT2D eigenvalue weighted by Gasteiger charge is -2.26. The maximum atomic E-state index is 4.15.